The van der Waals surface area contributed by atoms with Crippen LogP contribution in [0.25, 0.3) is 0 Å². The minimum atomic E-state index is -1.26. The van der Waals surface area contributed by atoms with Crippen LogP contribution in [0.3, 0.4) is 0 Å². The van der Waals surface area contributed by atoms with Gasteiger partial charge in [0, 0.05) is 19.5 Å². The number of rotatable bonds is 4. The van der Waals surface area contributed by atoms with E-state index in [0.29, 0.717) is 0 Å². The molecule has 1 amide bonds. The normalized spacial score (nSPS) is 11.0. The Morgan fingerprint density at radius 2 is 1.94 bits per heavy atom. The predicted octanol–water partition coefficient (Wildman–Crippen LogP) is 0.538. The van der Waals surface area contributed by atoms with Crippen LogP contribution in [0.4, 0.5) is 5.82 Å². The van der Waals surface area contributed by atoms with Gasteiger partial charge in [-0.15, -0.1) is 0 Å². The molecule has 0 atom stereocenters. The summed E-state index contributed by atoms with van der Waals surface area (Å²) in [6.45, 7) is 3.11. The number of anilines is 1. The van der Waals surface area contributed by atoms with Gasteiger partial charge in [0.1, 0.15) is 5.60 Å². The van der Waals surface area contributed by atoms with Gasteiger partial charge in [-0.05, 0) is 13.8 Å². The topological polar surface area (TPSA) is 101 Å². The van der Waals surface area contributed by atoms with Crippen LogP contribution in [0.5, 0.6) is 0 Å². The zero-order valence-electron chi connectivity index (χ0n) is 9.72. The van der Waals surface area contributed by atoms with E-state index in [1.54, 1.807) is 13.8 Å². The van der Waals surface area contributed by atoms with Gasteiger partial charge < -0.3 is 15.2 Å². The lowest BCUT2D eigenvalue weighted by Crippen LogP contribution is -2.39. The molecule has 1 heterocycles. The average molecular weight is 239 g/mol. The lowest BCUT2D eigenvalue weighted by molar-refractivity contribution is -0.133. The first-order valence-corrected chi connectivity index (χ1v) is 4.79. The molecule has 0 spiro atoms. The smallest absolute Gasteiger partial charge is 0.358 e. The first-order chi connectivity index (χ1) is 7.88. The third-order valence-electron chi connectivity index (χ3n) is 2.19. The number of hydrogen-bond acceptors (Lipinski definition) is 5. The highest BCUT2D eigenvalue weighted by atomic mass is 16.5. The van der Waals surface area contributed by atoms with Gasteiger partial charge in [-0.25, -0.2) is 14.8 Å². The van der Waals surface area contributed by atoms with E-state index in [1.807, 2.05) is 0 Å². The quantitative estimate of drug-likeness (QED) is 0.795. The van der Waals surface area contributed by atoms with E-state index < -0.39 is 17.5 Å². The number of hydrogen-bond donors (Lipinski definition) is 2. The van der Waals surface area contributed by atoms with E-state index in [-0.39, 0.29) is 11.5 Å². The van der Waals surface area contributed by atoms with E-state index in [4.69, 9.17) is 9.84 Å². The molecule has 7 nitrogen and oxygen atoms in total. The summed E-state index contributed by atoms with van der Waals surface area (Å²) in [5.41, 5.74) is -1.39. The fourth-order valence-electron chi connectivity index (χ4n) is 0.937. The van der Waals surface area contributed by atoms with Crippen molar-refractivity contribution in [3.05, 3.63) is 18.1 Å². The van der Waals surface area contributed by atoms with Crippen molar-refractivity contribution in [2.45, 2.75) is 19.4 Å². The van der Waals surface area contributed by atoms with E-state index >= 15 is 0 Å². The summed E-state index contributed by atoms with van der Waals surface area (Å²) in [6, 6.07) is 0. The van der Waals surface area contributed by atoms with Crippen molar-refractivity contribution in [1.29, 1.82) is 0 Å². The van der Waals surface area contributed by atoms with Crippen molar-refractivity contribution < 1.29 is 19.4 Å². The number of ether oxygens (including phenoxy) is 1. The van der Waals surface area contributed by atoms with E-state index in [1.165, 1.54) is 19.5 Å². The van der Waals surface area contributed by atoms with Gasteiger partial charge in [-0.3, -0.25) is 4.79 Å². The summed E-state index contributed by atoms with van der Waals surface area (Å²) in [6.07, 6.45) is 2.53. The lowest BCUT2D eigenvalue weighted by atomic mass is 10.1. The van der Waals surface area contributed by atoms with Crippen LogP contribution in [0.2, 0.25) is 0 Å². The maximum absolute atomic E-state index is 11.7. The van der Waals surface area contributed by atoms with Crippen LogP contribution in [-0.2, 0) is 9.53 Å². The van der Waals surface area contributed by atoms with Crippen molar-refractivity contribution in [2.24, 2.45) is 0 Å². The Morgan fingerprint density at radius 1 is 1.35 bits per heavy atom. The summed E-state index contributed by atoms with van der Waals surface area (Å²) in [5.74, 6) is -1.86. The van der Waals surface area contributed by atoms with Crippen LogP contribution in [-0.4, -0.2) is 39.7 Å². The van der Waals surface area contributed by atoms with Crippen LogP contribution < -0.4 is 5.32 Å². The highest BCUT2D eigenvalue weighted by Gasteiger charge is 2.28. The largest absolute Gasteiger partial charge is 0.476 e. The first-order valence-electron chi connectivity index (χ1n) is 4.79. The monoisotopic (exact) mass is 239 g/mol. The van der Waals surface area contributed by atoms with Gasteiger partial charge in [-0.1, -0.05) is 0 Å². The number of aromatic carboxylic acids is 1. The van der Waals surface area contributed by atoms with E-state index in [9.17, 15) is 9.59 Å². The Hall–Kier alpha value is -2.02. The number of amides is 1. The standard InChI is InChI=1S/C10H13N3O4/c1-10(2,17-3)9(16)13-7-6(8(14)15)11-4-5-12-7/h4-5H,1-3H3,(H,14,15)(H,12,13,16). The summed E-state index contributed by atoms with van der Waals surface area (Å²) in [7, 11) is 1.38. The zero-order chi connectivity index (χ0) is 13.1. The second-order valence-electron chi connectivity index (χ2n) is 3.73. The number of carboxylic acids is 1. The van der Waals surface area contributed by atoms with Crippen LogP contribution in [0, 0.1) is 0 Å². The third kappa shape index (κ3) is 2.97. The molecule has 0 aliphatic carbocycles. The number of nitrogens with zero attached hydrogens (tertiary/aromatic N) is 2. The highest BCUT2D eigenvalue weighted by Crippen LogP contribution is 2.13. The average Bonchev–Trinajstić information content (AvgIpc) is 2.29. The van der Waals surface area contributed by atoms with Gasteiger partial charge >= 0.3 is 5.97 Å². The fourth-order valence-corrected chi connectivity index (χ4v) is 0.937. The second-order valence-corrected chi connectivity index (χ2v) is 3.73. The number of carbonyl (C=O) groups is 2. The van der Waals surface area contributed by atoms with Crippen LogP contribution >= 0.6 is 0 Å². The number of methoxy groups -OCH3 is 1. The molecule has 92 valence electrons. The summed E-state index contributed by atoms with van der Waals surface area (Å²) < 4.78 is 4.96. The molecule has 17 heavy (non-hydrogen) atoms. The Balaban J connectivity index is 2.97. The molecule has 0 saturated carbocycles. The molecule has 0 aliphatic heterocycles. The van der Waals surface area contributed by atoms with Gasteiger partial charge in [0.05, 0.1) is 0 Å². The molecule has 0 saturated heterocycles. The minimum absolute atomic E-state index is 0.102. The molecule has 1 aromatic heterocycles. The van der Waals surface area contributed by atoms with Gasteiger partial charge in [0.15, 0.2) is 11.5 Å². The highest BCUT2D eigenvalue weighted by molar-refractivity contribution is 6.00. The molecule has 0 unspecified atom stereocenters. The van der Waals surface area contributed by atoms with Gasteiger partial charge in [-0.2, -0.15) is 0 Å². The Kier molecular flexibility index (Phi) is 3.74. The Labute approximate surface area is 97.8 Å². The van der Waals surface area contributed by atoms with Crippen molar-refractivity contribution in [2.75, 3.05) is 12.4 Å². The lowest BCUT2D eigenvalue weighted by Gasteiger charge is -2.21. The summed E-state index contributed by atoms with van der Waals surface area (Å²) in [5, 5.41) is 11.2. The molecule has 0 aromatic carbocycles. The van der Waals surface area contributed by atoms with Crippen molar-refractivity contribution in [1.82, 2.24) is 9.97 Å². The van der Waals surface area contributed by atoms with Gasteiger partial charge in [0.2, 0.25) is 0 Å². The molecular formula is C10H13N3O4. The molecule has 0 bridgehead atoms. The second kappa shape index (κ2) is 4.88. The molecular weight excluding hydrogens is 226 g/mol. The minimum Gasteiger partial charge on any atom is -0.476 e. The Morgan fingerprint density at radius 3 is 2.47 bits per heavy atom. The first kappa shape index (κ1) is 13.0. The van der Waals surface area contributed by atoms with Crippen LogP contribution in [0.15, 0.2) is 12.4 Å². The van der Waals surface area contributed by atoms with Crippen LogP contribution in [0.1, 0.15) is 24.3 Å². The van der Waals surface area contributed by atoms with E-state index in [0.717, 1.165) is 0 Å². The number of carbonyl (C=O) groups excluding carboxylic acids is 1. The van der Waals surface area contributed by atoms with E-state index in [2.05, 4.69) is 15.3 Å². The maximum Gasteiger partial charge on any atom is 0.358 e. The molecule has 2 N–H and O–H groups in total. The number of aromatic nitrogens is 2. The fraction of sp³-hybridized carbons (Fsp3) is 0.400. The molecule has 7 heteroatoms. The maximum atomic E-state index is 11.7. The summed E-state index contributed by atoms with van der Waals surface area (Å²) in [4.78, 5) is 30.0. The van der Waals surface area contributed by atoms with Crippen molar-refractivity contribution in [3.8, 4) is 0 Å². The predicted molar refractivity (Wildman–Crippen MR) is 58.7 cm³/mol. The molecule has 1 aromatic rings. The van der Waals surface area contributed by atoms with Gasteiger partial charge in [0.25, 0.3) is 5.91 Å². The molecule has 0 radical (unpaired) electrons. The summed E-state index contributed by atoms with van der Waals surface area (Å²) >= 11 is 0. The van der Waals surface area contributed by atoms with Crippen molar-refractivity contribution in [3.63, 3.8) is 0 Å². The molecule has 0 aliphatic rings. The Bertz CT molecular complexity index is 445. The number of nitrogens with one attached hydrogen (secondary N) is 1. The molecule has 0 fully saturated rings. The SMILES string of the molecule is COC(C)(C)C(=O)Nc1nccnc1C(=O)O. The molecule has 1 rings (SSSR count). The number of carboxylic acid groups (broad SMARTS) is 1. The van der Waals surface area contributed by atoms with Crippen molar-refractivity contribution >= 4 is 17.7 Å². The third-order valence-corrected chi connectivity index (χ3v) is 2.19. The zero-order valence-corrected chi connectivity index (χ0v) is 9.72.